The van der Waals surface area contributed by atoms with Crippen molar-refractivity contribution in [2.45, 2.75) is 45.6 Å². The summed E-state index contributed by atoms with van der Waals surface area (Å²) >= 11 is 0. The summed E-state index contributed by atoms with van der Waals surface area (Å²) in [6.07, 6.45) is 5.53. The van der Waals surface area contributed by atoms with Gasteiger partial charge < -0.3 is 4.74 Å². The predicted molar refractivity (Wildman–Crippen MR) is 96.5 cm³/mol. The van der Waals surface area contributed by atoms with Crippen LogP contribution in [0.25, 0.3) is 11.1 Å². The Kier molecular flexibility index (Phi) is 7.19. The highest BCUT2D eigenvalue weighted by molar-refractivity contribution is 5.68. The predicted octanol–water partition coefficient (Wildman–Crippen LogP) is 2.72. The van der Waals surface area contributed by atoms with E-state index in [1.807, 2.05) is 30.3 Å². The molecule has 2 rings (SSSR count). The summed E-state index contributed by atoms with van der Waals surface area (Å²) in [5.41, 5.74) is 0.522. The zero-order valence-electron chi connectivity index (χ0n) is 14.5. The van der Waals surface area contributed by atoms with Crippen molar-refractivity contribution in [1.29, 1.82) is 0 Å². The molecule has 6 heteroatoms. The molecule has 25 heavy (non-hydrogen) atoms. The lowest BCUT2D eigenvalue weighted by Gasteiger charge is -2.08. The first-order chi connectivity index (χ1) is 12.1. The second kappa shape index (κ2) is 9.61. The van der Waals surface area contributed by atoms with Gasteiger partial charge >= 0.3 is 11.7 Å². The molecule has 0 aliphatic heterocycles. The Morgan fingerprint density at radius 3 is 2.52 bits per heavy atom. The number of aryl methyl sites for hydroxylation is 1. The highest BCUT2D eigenvalue weighted by atomic mass is 16.5. The molecular weight excluding hydrogens is 320 g/mol. The normalized spacial score (nSPS) is 10.6. The maximum Gasteiger partial charge on any atom is 0.328 e. The molecule has 0 radical (unpaired) electrons. The van der Waals surface area contributed by atoms with Crippen LogP contribution in [0.15, 0.2) is 46.1 Å². The van der Waals surface area contributed by atoms with Gasteiger partial charge in [-0.25, -0.2) is 4.79 Å². The van der Waals surface area contributed by atoms with E-state index in [1.165, 1.54) is 0 Å². The van der Waals surface area contributed by atoms with Gasteiger partial charge in [0.15, 0.2) is 0 Å². The molecule has 1 heterocycles. The van der Waals surface area contributed by atoms with Crippen molar-refractivity contribution in [3.8, 4) is 11.1 Å². The fraction of sp³-hybridized carbons (Fsp3) is 0.421. The number of rotatable bonds is 9. The highest BCUT2D eigenvalue weighted by Gasteiger charge is 2.06. The van der Waals surface area contributed by atoms with Crippen LogP contribution in [0.5, 0.6) is 0 Å². The summed E-state index contributed by atoms with van der Waals surface area (Å²) < 4.78 is 6.56. The van der Waals surface area contributed by atoms with E-state index in [1.54, 1.807) is 17.7 Å². The Morgan fingerprint density at radius 1 is 1.08 bits per heavy atom. The Bertz CT molecular complexity index is 793. The molecule has 1 aromatic heterocycles. The molecule has 0 aliphatic carbocycles. The zero-order chi connectivity index (χ0) is 18.1. The molecule has 134 valence electrons. The molecule has 0 spiro atoms. The van der Waals surface area contributed by atoms with Crippen molar-refractivity contribution < 1.29 is 9.53 Å². The van der Waals surface area contributed by atoms with Crippen LogP contribution in [0, 0.1) is 0 Å². The minimum absolute atomic E-state index is 0.173. The summed E-state index contributed by atoms with van der Waals surface area (Å²) in [6.45, 7) is 2.77. The van der Waals surface area contributed by atoms with Gasteiger partial charge in [0.25, 0.3) is 5.56 Å². The van der Waals surface area contributed by atoms with E-state index in [0.29, 0.717) is 25.1 Å². The van der Waals surface area contributed by atoms with E-state index in [9.17, 15) is 14.4 Å². The van der Waals surface area contributed by atoms with E-state index < -0.39 is 0 Å². The van der Waals surface area contributed by atoms with Gasteiger partial charge in [-0.3, -0.25) is 19.1 Å². The summed E-state index contributed by atoms with van der Waals surface area (Å²) in [5, 5.41) is 0. The minimum Gasteiger partial charge on any atom is -0.466 e. The standard InChI is InChI=1S/C19H24N2O4/c1-2-17(22)25-13-9-4-3-8-12-21-14-16(18(23)20-19(21)24)15-10-6-5-7-11-15/h5-7,10-11,14H,2-4,8-9,12-13H2,1H3,(H,20,23,24). The number of H-pyrrole nitrogens is 1. The smallest absolute Gasteiger partial charge is 0.328 e. The van der Waals surface area contributed by atoms with Crippen molar-refractivity contribution in [1.82, 2.24) is 9.55 Å². The van der Waals surface area contributed by atoms with Gasteiger partial charge in [-0.1, -0.05) is 43.7 Å². The maximum atomic E-state index is 12.0. The first-order valence-corrected chi connectivity index (χ1v) is 8.66. The van der Waals surface area contributed by atoms with Crippen LogP contribution in [0.3, 0.4) is 0 Å². The Morgan fingerprint density at radius 2 is 1.80 bits per heavy atom. The van der Waals surface area contributed by atoms with Crippen LogP contribution in [-0.2, 0) is 16.1 Å². The summed E-state index contributed by atoms with van der Waals surface area (Å²) in [7, 11) is 0. The summed E-state index contributed by atoms with van der Waals surface area (Å²) in [4.78, 5) is 37.3. The molecule has 6 nitrogen and oxygen atoms in total. The van der Waals surface area contributed by atoms with E-state index in [0.717, 1.165) is 31.2 Å². The maximum absolute atomic E-state index is 12.0. The van der Waals surface area contributed by atoms with Crippen molar-refractivity contribution in [2.75, 3.05) is 6.61 Å². The molecular formula is C19H24N2O4. The number of benzene rings is 1. The number of carbonyl (C=O) groups is 1. The molecule has 0 atom stereocenters. The van der Waals surface area contributed by atoms with Gasteiger partial charge in [0.1, 0.15) is 0 Å². The third-order valence-corrected chi connectivity index (χ3v) is 3.94. The number of esters is 1. The molecule has 0 amide bonds. The number of carbonyl (C=O) groups excluding carboxylic acids is 1. The monoisotopic (exact) mass is 344 g/mol. The molecule has 0 saturated carbocycles. The van der Waals surface area contributed by atoms with Gasteiger partial charge in [0.05, 0.1) is 12.2 Å². The second-order valence-electron chi connectivity index (χ2n) is 5.85. The largest absolute Gasteiger partial charge is 0.466 e. The fourth-order valence-electron chi connectivity index (χ4n) is 2.52. The molecule has 0 bridgehead atoms. The highest BCUT2D eigenvalue weighted by Crippen LogP contribution is 2.13. The van der Waals surface area contributed by atoms with Crippen molar-refractivity contribution in [3.63, 3.8) is 0 Å². The van der Waals surface area contributed by atoms with Crippen LogP contribution in [0.4, 0.5) is 0 Å². The number of aromatic amines is 1. The quantitative estimate of drug-likeness (QED) is 0.560. The van der Waals surface area contributed by atoms with Gasteiger partial charge in [0.2, 0.25) is 0 Å². The Labute approximate surface area is 146 Å². The SMILES string of the molecule is CCC(=O)OCCCCCCn1cc(-c2ccccc2)c(=O)[nH]c1=O. The Balaban J connectivity index is 1.87. The number of hydrogen-bond acceptors (Lipinski definition) is 4. The molecule has 2 aromatic rings. The summed E-state index contributed by atoms with van der Waals surface area (Å²) in [5.74, 6) is -0.173. The van der Waals surface area contributed by atoms with Gasteiger partial charge in [-0.05, 0) is 24.8 Å². The Hall–Kier alpha value is -2.63. The van der Waals surface area contributed by atoms with Crippen molar-refractivity contribution >= 4 is 5.97 Å². The average Bonchev–Trinajstić information content (AvgIpc) is 2.62. The molecule has 0 unspecified atom stereocenters. The first kappa shape index (κ1) is 18.7. The number of aromatic nitrogens is 2. The van der Waals surface area contributed by atoms with E-state index >= 15 is 0 Å². The van der Waals surface area contributed by atoms with Crippen LogP contribution in [-0.4, -0.2) is 22.1 Å². The topological polar surface area (TPSA) is 81.2 Å². The van der Waals surface area contributed by atoms with Gasteiger partial charge in [-0.15, -0.1) is 0 Å². The number of unbranched alkanes of at least 4 members (excludes halogenated alkanes) is 3. The molecule has 1 N–H and O–H groups in total. The molecule has 0 saturated heterocycles. The zero-order valence-corrected chi connectivity index (χ0v) is 14.5. The average molecular weight is 344 g/mol. The van der Waals surface area contributed by atoms with Gasteiger partial charge in [-0.2, -0.15) is 0 Å². The summed E-state index contributed by atoms with van der Waals surface area (Å²) in [6, 6.07) is 9.28. The van der Waals surface area contributed by atoms with Crippen LogP contribution < -0.4 is 11.2 Å². The molecule has 1 aromatic carbocycles. The van der Waals surface area contributed by atoms with Crippen molar-refractivity contribution in [3.05, 3.63) is 57.4 Å². The lowest BCUT2D eigenvalue weighted by molar-refractivity contribution is -0.143. The third kappa shape index (κ3) is 5.74. The first-order valence-electron chi connectivity index (χ1n) is 8.66. The number of hydrogen-bond donors (Lipinski definition) is 1. The van der Waals surface area contributed by atoms with Gasteiger partial charge in [0, 0.05) is 19.2 Å². The number of ether oxygens (including phenoxy) is 1. The van der Waals surface area contributed by atoms with E-state index in [-0.39, 0.29) is 17.2 Å². The molecule has 0 fully saturated rings. The van der Waals surface area contributed by atoms with Crippen LogP contribution in [0.2, 0.25) is 0 Å². The lowest BCUT2D eigenvalue weighted by Crippen LogP contribution is -2.30. The third-order valence-electron chi connectivity index (χ3n) is 3.94. The van der Waals surface area contributed by atoms with E-state index in [2.05, 4.69) is 4.98 Å². The number of nitrogens with one attached hydrogen (secondary N) is 1. The van der Waals surface area contributed by atoms with Crippen molar-refractivity contribution in [2.24, 2.45) is 0 Å². The number of nitrogens with zero attached hydrogens (tertiary/aromatic N) is 1. The molecule has 0 aliphatic rings. The fourth-order valence-corrected chi connectivity index (χ4v) is 2.52. The minimum atomic E-state index is -0.387. The lowest BCUT2D eigenvalue weighted by atomic mass is 10.1. The van der Waals surface area contributed by atoms with E-state index in [4.69, 9.17) is 4.74 Å². The van der Waals surface area contributed by atoms with Crippen LogP contribution in [0.1, 0.15) is 39.0 Å². The second-order valence-corrected chi connectivity index (χ2v) is 5.85. The van der Waals surface area contributed by atoms with Crippen LogP contribution >= 0.6 is 0 Å².